The maximum atomic E-state index is 6.04. The maximum absolute atomic E-state index is 6.04. The fourth-order valence-electron chi connectivity index (χ4n) is 1.17. The molecule has 0 spiro atoms. The molecule has 0 amide bonds. The van der Waals surface area contributed by atoms with Gasteiger partial charge >= 0.3 is 0 Å². The molecule has 0 aliphatic rings. The summed E-state index contributed by atoms with van der Waals surface area (Å²) >= 11 is 1.46. The Kier molecular flexibility index (Phi) is 2.77. The van der Waals surface area contributed by atoms with Gasteiger partial charge in [-0.3, -0.25) is 4.98 Å². The Balaban J connectivity index is 2.27. The molecule has 2 N–H and O–H groups in total. The van der Waals surface area contributed by atoms with Crippen LogP contribution in [0.1, 0.15) is 32.6 Å². The van der Waals surface area contributed by atoms with Gasteiger partial charge in [-0.25, -0.2) is 0 Å². The van der Waals surface area contributed by atoms with E-state index in [9.17, 15) is 0 Å². The van der Waals surface area contributed by atoms with Crippen LogP contribution in [0, 0.1) is 5.41 Å². The summed E-state index contributed by atoms with van der Waals surface area (Å²) in [4.78, 5) is 9.11. The summed E-state index contributed by atoms with van der Waals surface area (Å²) in [5, 5.41) is 3.91. The molecule has 86 valence electrons. The summed E-state index contributed by atoms with van der Waals surface area (Å²) in [6.45, 7) is 6.13. The lowest BCUT2D eigenvalue weighted by Gasteiger charge is -2.23. The van der Waals surface area contributed by atoms with Gasteiger partial charge in [0.05, 0.1) is 17.7 Å². The Bertz CT molecular complexity index is 457. The molecule has 2 aromatic heterocycles. The monoisotopic (exact) mass is 238 g/mol. The quantitative estimate of drug-likeness (QED) is 0.868. The second-order valence-corrected chi connectivity index (χ2v) is 5.55. The van der Waals surface area contributed by atoms with Crippen LogP contribution in [0.3, 0.4) is 0 Å². The lowest BCUT2D eigenvalue weighted by atomic mass is 9.87. The van der Waals surface area contributed by atoms with Crippen molar-refractivity contribution in [1.82, 2.24) is 15.1 Å². The van der Waals surface area contributed by atoms with Gasteiger partial charge in [0.15, 0.2) is 5.82 Å². The molecule has 0 saturated heterocycles. The predicted octanol–water partition coefficient (Wildman–Crippen LogP) is 2.24. The molecular formula is C10H14N4OS. The average molecular weight is 238 g/mol. The van der Waals surface area contributed by atoms with Gasteiger partial charge in [0.1, 0.15) is 4.88 Å². The van der Waals surface area contributed by atoms with Crippen molar-refractivity contribution in [1.29, 1.82) is 0 Å². The highest BCUT2D eigenvalue weighted by Gasteiger charge is 2.27. The molecular weight excluding hydrogens is 224 g/mol. The van der Waals surface area contributed by atoms with Crippen LogP contribution in [0.4, 0.5) is 0 Å². The summed E-state index contributed by atoms with van der Waals surface area (Å²) in [6, 6.07) is -0.238. The highest BCUT2D eigenvalue weighted by molar-refractivity contribution is 7.13. The van der Waals surface area contributed by atoms with Crippen LogP contribution >= 0.6 is 11.3 Å². The Labute approximate surface area is 97.7 Å². The summed E-state index contributed by atoms with van der Waals surface area (Å²) in [6.07, 6.45) is 1.70. The van der Waals surface area contributed by atoms with Crippen LogP contribution < -0.4 is 5.73 Å². The van der Waals surface area contributed by atoms with Crippen LogP contribution in [0.25, 0.3) is 10.8 Å². The van der Waals surface area contributed by atoms with Crippen molar-refractivity contribution >= 4 is 11.3 Å². The molecule has 0 radical (unpaired) electrons. The molecule has 2 heterocycles. The summed E-state index contributed by atoms with van der Waals surface area (Å²) in [7, 11) is 0. The van der Waals surface area contributed by atoms with E-state index < -0.39 is 0 Å². The zero-order valence-corrected chi connectivity index (χ0v) is 10.3. The standard InChI is InChI=1S/C10H14N4OS/c1-10(2,3)7(11)8-13-9(15-14-8)6-4-12-5-16-6/h4-5,7H,11H2,1-3H3. The van der Waals surface area contributed by atoms with Crippen LogP contribution in [0.5, 0.6) is 0 Å². The fourth-order valence-corrected chi connectivity index (χ4v) is 1.71. The van der Waals surface area contributed by atoms with Gasteiger partial charge in [-0.15, -0.1) is 11.3 Å². The summed E-state index contributed by atoms with van der Waals surface area (Å²) in [5.41, 5.74) is 7.68. The van der Waals surface area contributed by atoms with Gasteiger partial charge in [-0.1, -0.05) is 25.9 Å². The SMILES string of the molecule is CC(C)(C)C(N)c1noc(-c2cncs2)n1. The first-order valence-corrected chi connectivity index (χ1v) is 5.84. The third kappa shape index (κ3) is 2.12. The van der Waals surface area contributed by atoms with Crippen molar-refractivity contribution in [2.45, 2.75) is 26.8 Å². The van der Waals surface area contributed by atoms with Gasteiger partial charge in [-0.2, -0.15) is 4.98 Å². The van der Waals surface area contributed by atoms with E-state index in [0.29, 0.717) is 11.7 Å². The molecule has 16 heavy (non-hydrogen) atoms. The van der Waals surface area contributed by atoms with Crippen molar-refractivity contribution in [3.05, 3.63) is 17.5 Å². The fraction of sp³-hybridized carbons (Fsp3) is 0.500. The molecule has 0 fully saturated rings. The first-order valence-electron chi connectivity index (χ1n) is 4.96. The zero-order chi connectivity index (χ0) is 11.8. The summed E-state index contributed by atoms with van der Waals surface area (Å²) < 4.78 is 5.15. The number of hydrogen-bond donors (Lipinski definition) is 1. The molecule has 6 heteroatoms. The third-order valence-corrected chi connectivity index (χ3v) is 3.06. The highest BCUT2D eigenvalue weighted by atomic mass is 32.1. The van der Waals surface area contributed by atoms with Gasteiger partial charge in [-0.05, 0) is 5.41 Å². The molecule has 0 saturated carbocycles. The number of thiazole rings is 1. The van der Waals surface area contributed by atoms with Crippen LogP contribution in [-0.4, -0.2) is 15.1 Å². The van der Waals surface area contributed by atoms with E-state index in [0.717, 1.165) is 4.88 Å². The second-order valence-electron chi connectivity index (χ2n) is 4.67. The number of aromatic nitrogens is 3. The van der Waals surface area contributed by atoms with E-state index in [1.165, 1.54) is 11.3 Å². The third-order valence-electron chi connectivity index (χ3n) is 2.30. The van der Waals surface area contributed by atoms with Crippen molar-refractivity contribution in [2.75, 3.05) is 0 Å². The Morgan fingerprint density at radius 3 is 2.75 bits per heavy atom. The Morgan fingerprint density at radius 1 is 1.44 bits per heavy atom. The molecule has 0 aliphatic carbocycles. The molecule has 0 bridgehead atoms. The normalized spacial score (nSPS) is 14.0. The molecule has 1 atom stereocenters. The molecule has 0 aliphatic heterocycles. The largest absolute Gasteiger partial charge is 0.333 e. The number of hydrogen-bond acceptors (Lipinski definition) is 6. The molecule has 2 rings (SSSR count). The minimum absolute atomic E-state index is 0.0884. The van der Waals surface area contributed by atoms with Gasteiger partial charge < -0.3 is 10.3 Å². The van der Waals surface area contributed by atoms with E-state index in [1.807, 2.05) is 20.8 Å². The summed E-state index contributed by atoms with van der Waals surface area (Å²) in [5.74, 6) is 1.02. The van der Waals surface area contributed by atoms with Crippen molar-refractivity contribution in [3.63, 3.8) is 0 Å². The number of rotatable bonds is 2. The van der Waals surface area contributed by atoms with Crippen molar-refractivity contribution in [2.24, 2.45) is 11.1 Å². The van der Waals surface area contributed by atoms with E-state index >= 15 is 0 Å². The molecule has 0 aromatic carbocycles. The van der Waals surface area contributed by atoms with Gasteiger partial charge in [0, 0.05) is 0 Å². The second kappa shape index (κ2) is 3.95. The highest BCUT2D eigenvalue weighted by Crippen LogP contribution is 2.30. The zero-order valence-electron chi connectivity index (χ0n) is 9.47. The smallest absolute Gasteiger partial charge is 0.269 e. The minimum Gasteiger partial charge on any atom is -0.333 e. The van der Waals surface area contributed by atoms with E-state index in [4.69, 9.17) is 10.3 Å². The first-order chi connectivity index (χ1) is 7.48. The lowest BCUT2D eigenvalue weighted by molar-refractivity contribution is 0.303. The van der Waals surface area contributed by atoms with Crippen LogP contribution in [-0.2, 0) is 0 Å². The van der Waals surface area contributed by atoms with Gasteiger partial charge in [0.2, 0.25) is 0 Å². The lowest BCUT2D eigenvalue weighted by Crippen LogP contribution is -2.27. The van der Waals surface area contributed by atoms with E-state index in [1.54, 1.807) is 11.7 Å². The minimum atomic E-state index is -0.238. The van der Waals surface area contributed by atoms with Crippen molar-refractivity contribution < 1.29 is 4.52 Å². The van der Waals surface area contributed by atoms with E-state index in [-0.39, 0.29) is 11.5 Å². The van der Waals surface area contributed by atoms with Crippen LogP contribution in [0.15, 0.2) is 16.2 Å². The Morgan fingerprint density at radius 2 is 2.19 bits per heavy atom. The molecule has 2 aromatic rings. The molecule has 5 nitrogen and oxygen atoms in total. The molecule has 1 unspecified atom stereocenters. The van der Waals surface area contributed by atoms with Gasteiger partial charge in [0.25, 0.3) is 5.89 Å². The Hall–Kier alpha value is -1.27. The maximum Gasteiger partial charge on any atom is 0.269 e. The number of nitrogens with two attached hydrogens (primary N) is 1. The van der Waals surface area contributed by atoms with Crippen LogP contribution in [0.2, 0.25) is 0 Å². The number of nitrogens with zero attached hydrogens (tertiary/aromatic N) is 3. The topological polar surface area (TPSA) is 77.8 Å². The van der Waals surface area contributed by atoms with E-state index in [2.05, 4.69) is 15.1 Å². The average Bonchev–Trinajstić information content (AvgIpc) is 2.85. The van der Waals surface area contributed by atoms with Crippen molar-refractivity contribution in [3.8, 4) is 10.8 Å². The first kappa shape index (κ1) is 11.2. The predicted molar refractivity (Wildman–Crippen MR) is 61.8 cm³/mol.